The Labute approximate surface area is 131 Å². The van der Waals surface area contributed by atoms with E-state index in [1.165, 1.54) is 6.42 Å². The second-order valence-electron chi connectivity index (χ2n) is 6.01. The number of carbonyl (C=O) groups is 1. The molecule has 5 heteroatoms. The van der Waals surface area contributed by atoms with Crippen molar-refractivity contribution in [2.45, 2.75) is 50.1 Å². The third kappa shape index (κ3) is 3.50. The quantitative estimate of drug-likeness (QED) is 0.880. The molecule has 1 aliphatic carbocycles. The number of halogens is 1. The summed E-state index contributed by atoms with van der Waals surface area (Å²) in [7, 11) is 0. The van der Waals surface area contributed by atoms with Crippen molar-refractivity contribution in [1.82, 2.24) is 5.32 Å². The molecule has 0 bridgehead atoms. The molecule has 1 amide bonds. The lowest BCUT2D eigenvalue weighted by Crippen LogP contribution is -2.58. The number of amides is 1. The number of benzene rings is 1. The maximum atomic E-state index is 12.4. The van der Waals surface area contributed by atoms with Gasteiger partial charge >= 0.3 is 0 Å². The van der Waals surface area contributed by atoms with Crippen LogP contribution in [0.1, 0.15) is 37.7 Å². The number of carbonyl (C=O) groups excluding carboxylic acids is 1. The van der Waals surface area contributed by atoms with Crippen LogP contribution in [0.5, 0.6) is 5.75 Å². The summed E-state index contributed by atoms with van der Waals surface area (Å²) >= 11 is 0. The summed E-state index contributed by atoms with van der Waals surface area (Å²) in [5, 5.41) is 3.08. The Morgan fingerprint density at radius 1 is 1.24 bits per heavy atom. The van der Waals surface area contributed by atoms with Crippen LogP contribution < -0.4 is 15.8 Å². The Balaban J connectivity index is 0.00000161. The van der Waals surface area contributed by atoms with Gasteiger partial charge in [-0.1, -0.05) is 37.5 Å². The predicted octanol–water partition coefficient (Wildman–Crippen LogP) is 2.19. The van der Waals surface area contributed by atoms with Crippen LogP contribution in [0.25, 0.3) is 0 Å². The van der Waals surface area contributed by atoms with E-state index in [9.17, 15) is 4.79 Å². The molecule has 0 aromatic heterocycles. The molecule has 4 nitrogen and oxygen atoms in total. The minimum absolute atomic E-state index is 0. The Hall–Kier alpha value is -1.26. The third-order valence-corrected chi connectivity index (χ3v) is 4.41. The van der Waals surface area contributed by atoms with Gasteiger partial charge in [0, 0.05) is 0 Å². The highest BCUT2D eigenvalue weighted by Gasteiger charge is 2.36. The molecule has 1 aliphatic heterocycles. The zero-order valence-electron chi connectivity index (χ0n) is 12.1. The third-order valence-electron chi connectivity index (χ3n) is 4.41. The Bertz CT molecular complexity index is 501. The van der Waals surface area contributed by atoms with Crippen molar-refractivity contribution in [3.05, 3.63) is 29.8 Å². The van der Waals surface area contributed by atoms with Crippen molar-refractivity contribution in [3.63, 3.8) is 0 Å². The van der Waals surface area contributed by atoms with E-state index in [-0.39, 0.29) is 24.4 Å². The fraction of sp³-hybridized carbons (Fsp3) is 0.562. The Morgan fingerprint density at radius 3 is 2.71 bits per heavy atom. The number of fused-ring (bicyclic) bond motifs is 1. The maximum Gasteiger partial charge on any atom is 0.240 e. The van der Waals surface area contributed by atoms with Gasteiger partial charge in [0.2, 0.25) is 5.91 Å². The van der Waals surface area contributed by atoms with Gasteiger partial charge in [-0.05, 0) is 30.9 Å². The highest BCUT2D eigenvalue weighted by atomic mass is 35.5. The van der Waals surface area contributed by atoms with Crippen molar-refractivity contribution >= 4 is 18.3 Å². The second-order valence-corrected chi connectivity index (χ2v) is 6.01. The summed E-state index contributed by atoms with van der Waals surface area (Å²) in [6.07, 6.45) is 5.69. The number of hydrogen-bond donors (Lipinski definition) is 2. The van der Waals surface area contributed by atoms with E-state index >= 15 is 0 Å². The molecule has 3 rings (SSSR count). The fourth-order valence-corrected chi connectivity index (χ4v) is 3.16. The SMILES string of the molecule is Cl.NC1(C(=O)NC2COc3ccccc3C2)CCCCC1. The molecular formula is C16H23ClN2O2. The first-order valence-corrected chi connectivity index (χ1v) is 7.48. The minimum Gasteiger partial charge on any atom is -0.491 e. The van der Waals surface area contributed by atoms with Crippen LogP contribution in [0.4, 0.5) is 0 Å². The molecule has 21 heavy (non-hydrogen) atoms. The number of nitrogens with one attached hydrogen (secondary N) is 1. The van der Waals surface area contributed by atoms with Gasteiger partial charge in [-0.15, -0.1) is 12.4 Å². The normalized spacial score (nSPS) is 23.2. The summed E-state index contributed by atoms with van der Waals surface area (Å²) in [6.45, 7) is 0.527. The van der Waals surface area contributed by atoms with Gasteiger partial charge < -0.3 is 15.8 Å². The molecule has 116 valence electrons. The molecule has 3 N–H and O–H groups in total. The Morgan fingerprint density at radius 2 is 1.95 bits per heavy atom. The largest absolute Gasteiger partial charge is 0.491 e. The first kappa shape index (κ1) is 16.1. The lowest BCUT2D eigenvalue weighted by molar-refractivity contribution is -0.128. The summed E-state index contributed by atoms with van der Waals surface area (Å²) in [6, 6.07) is 8.01. The number of rotatable bonds is 2. The van der Waals surface area contributed by atoms with E-state index in [2.05, 4.69) is 5.32 Å². The zero-order chi connectivity index (χ0) is 14.0. The number of ether oxygens (including phenoxy) is 1. The monoisotopic (exact) mass is 310 g/mol. The molecule has 1 atom stereocenters. The average Bonchev–Trinajstić information content (AvgIpc) is 2.48. The molecule has 1 saturated carbocycles. The van der Waals surface area contributed by atoms with Crippen molar-refractivity contribution in [2.24, 2.45) is 5.73 Å². The summed E-state index contributed by atoms with van der Waals surface area (Å²) in [4.78, 5) is 12.4. The van der Waals surface area contributed by atoms with Gasteiger partial charge in [-0.25, -0.2) is 0 Å². The van der Waals surface area contributed by atoms with Crippen LogP contribution in [0.15, 0.2) is 24.3 Å². The molecule has 1 unspecified atom stereocenters. The molecule has 2 aliphatic rings. The van der Waals surface area contributed by atoms with Gasteiger partial charge in [0.15, 0.2) is 0 Å². The molecular weight excluding hydrogens is 288 g/mol. The van der Waals surface area contributed by atoms with Crippen molar-refractivity contribution in [3.8, 4) is 5.75 Å². The molecule has 0 saturated heterocycles. The summed E-state index contributed by atoms with van der Waals surface area (Å²) < 4.78 is 5.70. The van der Waals surface area contributed by atoms with E-state index in [0.29, 0.717) is 6.61 Å². The van der Waals surface area contributed by atoms with Crippen molar-refractivity contribution < 1.29 is 9.53 Å². The molecule has 1 fully saturated rings. The van der Waals surface area contributed by atoms with Gasteiger partial charge in [0.1, 0.15) is 12.4 Å². The van der Waals surface area contributed by atoms with Crippen molar-refractivity contribution in [1.29, 1.82) is 0 Å². The topological polar surface area (TPSA) is 64.4 Å². The average molecular weight is 311 g/mol. The van der Waals surface area contributed by atoms with Gasteiger partial charge in [-0.3, -0.25) is 4.79 Å². The van der Waals surface area contributed by atoms with Crippen LogP contribution in [-0.2, 0) is 11.2 Å². The molecule has 1 aromatic rings. The minimum atomic E-state index is -0.671. The van der Waals surface area contributed by atoms with Crippen molar-refractivity contribution in [2.75, 3.05) is 6.61 Å². The molecule has 0 spiro atoms. The van der Waals surface area contributed by atoms with Crippen LogP contribution in [0.3, 0.4) is 0 Å². The summed E-state index contributed by atoms with van der Waals surface area (Å²) in [5.41, 5.74) is 6.74. The zero-order valence-corrected chi connectivity index (χ0v) is 13.0. The molecule has 1 aromatic carbocycles. The van der Waals surface area contributed by atoms with E-state index in [4.69, 9.17) is 10.5 Å². The first-order valence-electron chi connectivity index (χ1n) is 7.48. The number of para-hydroxylation sites is 1. The molecule has 0 radical (unpaired) electrons. The predicted molar refractivity (Wildman–Crippen MR) is 84.8 cm³/mol. The van der Waals surface area contributed by atoms with Crippen LogP contribution >= 0.6 is 12.4 Å². The molecule has 1 heterocycles. The van der Waals surface area contributed by atoms with Crippen LogP contribution in [0, 0.1) is 0 Å². The van der Waals surface area contributed by atoms with E-state index in [1.54, 1.807) is 0 Å². The highest BCUT2D eigenvalue weighted by Crippen LogP contribution is 2.27. The first-order chi connectivity index (χ1) is 9.67. The van der Waals surface area contributed by atoms with E-state index < -0.39 is 5.54 Å². The van der Waals surface area contributed by atoms with Gasteiger partial charge in [0.05, 0.1) is 11.6 Å². The van der Waals surface area contributed by atoms with Gasteiger partial charge in [-0.2, -0.15) is 0 Å². The number of nitrogens with two attached hydrogens (primary N) is 1. The summed E-state index contributed by atoms with van der Waals surface area (Å²) in [5.74, 6) is 0.920. The van der Waals surface area contributed by atoms with Crippen LogP contribution in [-0.4, -0.2) is 24.1 Å². The highest BCUT2D eigenvalue weighted by molar-refractivity contribution is 5.86. The fourth-order valence-electron chi connectivity index (χ4n) is 3.16. The lowest BCUT2D eigenvalue weighted by Gasteiger charge is -2.34. The Kier molecular flexibility index (Phi) is 5.12. The van der Waals surface area contributed by atoms with E-state index in [0.717, 1.165) is 43.4 Å². The smallest absolute Gasteiger partial charge is 0.240 e. The van der Waals surface area contributed by atoms with E-state index in [1.807, 2.05) is 24.3 Å². The lowest BCUT2D eigenvalue weighted by atomic mass is 9.81. The number of hydrogen-bond acceptors (Lipinski definition) is 3. The second kappa shape index (κ2) is 6.67. The van der Waals surface area contributed by atoms with Crippen LogP contribution in [0.2, 0.25) is 0 Å². The van der Waals surface area contributed by atoms with Gasteiger partial charge in [0.25, 0.3) is 0 Å². The standard InChI is InChI=1S/C16H22N2O2.ClH/c17-16(8-4-1-5-9-16)15(19)18-13-10-12-6-2-3-7-14(12)20-11-13;/h2-3,6-7,13H,1,4-5,8-11,17H2,(H,18,19);1H. The maximum absolute atomic E-state index is 12.4.